The van der Waals surface area contributed by atoms with Gasteiger partial charge in [-0.05, 0) is 18.4 Å². The summed E-state index contributed by atoms with van der Waals surface area (Å²) >= 11 is 0. The molecule has 1 amide bonds. The molecule has 0 atom stereocenters. The van der Waals surface area contributed by atoms with Gasteiger partial charge in [0.25, 0.3) is 11.7 Å². The smallest absolute Gasteiger partial charge is 0.351 e. The molecule has 2 aromatic rings. The number of carbonyl (C=O) groups is 1. The Hall–Kier alpha value is -2.33. The molecule has 2 aromatic heterocycles. The van der Waals surface area contributed by atoms with Gasteiger partial charge in [0.15, 0.2) is 0 Å². The van der Waals surface area contributed by atoms with Gasteiger partial charge in [0.1, 0.15) is 6.33 Å². The van der Waals surface area contributed by atoms with Gasteiger partial charge in [-0.2, -0.15) is 32.0 Å². The molecule has 2 rings (SSSR count). The summed E-state index contributed by atoms with van der Waals surface area (Å²) in [6.07, 6.45) is -1.04. The molecule has 11 heteroatoms. The highest BCUT2D eigenvalue weighted by Gasteiger charge is 2.63. The van der Waals surface area contributed by atoms with E-state index in [0.29, 0.717) is 17.8 Å². The molecule has 0 aliphatic carbocycles. The minimum atomic E-state index is -5.90. The van der Waals surface area contributed by atoms with Gasteiger partial charge in [-0.15, -0.1) is 0 Å². The summed E-state index contributed by atoms with van der Waals surface area (Å²) in [4.78, 5) is 18.6. The number of hydrogen-bond acceptors (Lipinski definition) is 4. The fourth-order valence-electron chi connectivity index (χ4n) is 1.62. The van der Waals surface area contributed by atoms with Gasteiger partial charge in [0, 0.05) is 18.9 Å². The molecule has 0 aliphatic heterocycles. The fourth-order valence-corrected chi connectivity index (χ4v) is 1.62. The monoisotopic (exact) mass is 323 g/mol. The maximum Gasteiger partial charge on any atom is 0.463 e. The number of aryl methyl sites for hydroxylation is 1. The number of aromatic nitrogens is 4. The zero-order valence-electron chi connectivity index (χ0n) is 10.9. The number of alkyl halides is 5. The lowest BCUT2D eigenvalue weighted by Crippen LogP contribution is -2.50. The number of fused-ring (bicyclic) bond motifs is 1. The molecule has 120 valence electrons. The Morgan fingerprint density at radius 2 is 1.95 bits per heavy atom. The molecule has 0 saturated heterocycles. The second kappa shape index (κ2) is 5.81. The molecule has 1 N–H and O–H groups in total. The van der Waals surface area contributed by atoms with E-state index in [1.165, 1.54) is 17.0 Å². The normalized spacial score (nSPS) is 12.6. The second-order valence-electron chi connectivity index (χ2n) is 4.40. The number of halogens is 5. The van der Waals surface area contributed by atoms with E-state index in [0.717, 1.165) is 0 Å². The van der Waals surface area contributed by atoms with Crippen LogP contribution in [0.5, 0.6) is 0 Å². The van der Waals surface area contributed by atoms with Crippen molar-refractivity contribution >= 4 is 11.7 Å². The van der Waals surface area contributed by atoms with Crippen molar-refractivity contribution in [1.29, 1.82) is 0 Å². The summed E-state index contributed by atoms with van der Waals surface area (Å²) in [5.74, 6) is -7.37. The van der Waals surface area contributed by atoms with Crippen LogP contribution in [0.3, 0.4) is 0 Å². The maximum atomic E-state index is 12.6. The molecular weight excluding hydrogens is 313 g/mol. The predicted molar refractivity (Wildman–Crippen MR) is 63.1 cm³/mol. The van der Waals surface area contributed by atoms with Gasteiger partial charge in [-0.25, -0.2) is 9.50 Å². The molecular formula is C11H10F5N5O. The Morgan fingerprint density at radius 3 is 2.64 bits per heavy atom. The van der Waals surface area contributed by atoms with Gasteiger partial charge < -0.3 is 5.32 Å². The van der Waals surface area contributed by atoms with Gasteiger partial charge in [-0.3, -0.25) is 4.79 Å². The van der Waals surface area contributed by atoms with E-state index in [2.05, 4.69) is 15.1 Å². The number of nitrogens with zero attached hydrogens (tertiary/aromatic N) is 4. The second-order valence-corrected chi connectivity index (χ2v) is 4.40. The van der Waals surface area contributed by atoms with Crippen molar-refractivity contribution in [3.8, 4) is 0 Å². The largest absolute Gasteiger partial charge is 0.463 e. The molecule has 0 aliphatic rings. The first-order valence-electron chi connectivity index (χ1n) is 6.09. The third-order valence-corrected chi connectivity index (χ3v) is 2.76. The van der Waals surface area contributed by atoms with E-state index in [4.69, 9.17) is 0 Å². The highest BCUT2D eigenvalue weighted by atomic mass is 19.4. The molecule has 0 aromatic carbocycles. The Bertz CT molecular complexity index is 668. The molecule has 0 radical (unpaired) electrons. The van der Waals surface area contributed by atoms with Crippen LogP contribution in [-0.4, -0.2) is 44.1 Å². The number of carbonyl (C=O) groups excluding carboxylic acids is 1. The summed E-state index contributed by atoms with van der Waals surface area (Å²) in [6, 6.07) is 0. The number of hydrogen-bond donors (Lipinski definition) is 1. The predicted octanol–water partition coefficient (Wildman–Crippen LogP) is 1.37. The lowest BCUT2D eigenvalue weighted by atomic mass is 10.2. The molecule has 6 nitrogen and oxygen atoms in total. The molecule has 2 heterocycles. The highest BCUT2D eigenvalue weighted by Crippen LogP contribution is 2.35. The van der Waals surface area contributed by atoms with E-state index in [9.17, 15) is 26.7 Å². The van der Waals surface area contributed by atoms with Gasteiger partial charge in [-0.1, -0.05) is 0 Å². The van der Waals surface area contributed by atoms with Crippen molar-refractivity contribution in [2.45, 2.75) is 24.9 Å². The standard InChI is InChI=1S/C11H10F5N5O/c12-10(13,11(14,15)16)8(22)17-3-1-2-7-4-18-9-19-6-20-21(9)5-7/h4-6H,1-3H2,(H,17,22). The SMILES string of the molecule is O=C(NCCCc1cnc2ncnn2c1)C(F)(F)C(F)(F)F. The van der Waals surface area contributed by atoms with Crippen LogP contribution in [-0.2, 0) is 11.2 Å². The minimum Gasteiger partial charge on any atom is -0.351 e. The number of amides is 1. The van der Waals surface area contributed by atoms with E-state index in [-0.39, 0.29) is 13.0 Å². The van der Waals surface area contributed by atoms with Crippen molar-refractivity contribution in [2.75, 3.05) is 6.54 Å². The van der Waals surface area contributed by atoms with Crippen LogP contribution >= 0.6 is 0 Å². The van der Waals surface area contributed by atoms with Crippen LogP contribution in [0.2, 0.25) is 0 Å². The minimum absolute atomic E-state index is 0.168. The topological polar surface area (TPSA) is 72.2 Å². The van der Waals surface area contributed by atoms with Crippen LogP contribution in [0.25, 0.3) is 5.78 Å². The zero-order chi connectivity index (χ0) is 16.4. The highest BCUT2D eigenvalue weighted by molar-refractivity contribution is 5.84. The van der Waals surface area contributed by atoms with E-state index >= 15 is 0 Å². The summed E-state index contributed by atoms with van der Waals surface area (Å²) in [5.41, 5.74) is 0.676. The van der Waals surface area contributed by atoms with Crippen LogP contribution < -0.4 is 5.32 Å². The van der Waals surface area contributed by atoms with Crippen LogP contribution in [0.4, 0.5) is 22.0 Å². The third kappa shape index (κ3) is 3.28. The van der Waals surface area contributed by atoms with Crippen LogP contribution in [0.15, 0.2) is 18.7 Å². The van der Waals surface area contributed by atoms with E-state index in [1.54, 1.807) is 11.5 Å². The van der Waals surface area contributed by atoms with E-state index < -0.39 is 18.0 Å². The number of nitrogens with one attached hydrogen (secondary N) is 1. The third-order valence-electron chi connectivity index (χ3n) is 2.76. The van der Waals surface area contributed by atoms with Gasteiger partial charge in [0.2, 0.25) is 0 Å². The first kappa shape index (κ1) is 16.0. The van der Waals surface area contributed by atoms with Crippen molar-refractivity contribution in [3.63, 3.8) is 0 Å². The molecule has 0 unspecified atom stereocenters. The molecule has 0 saturated carbocycles. The molecule has 0 bridgehead atoms. The lowest BCUT2D eigenvalue weighted by molar-refractivity contribution is -0.269. The van der Waals surface area contributed by atoms with Crippen molar-refractivity contribution in [3.05, 3.63) is 24.3 Å². The van der Waals surface area contributed by atoms with Gasteiger partial charge in [0.05, 0.1) is 0 Å². The lowest BCUT2D eigenvalue weighted by Gasteiger charge is -2.18. The summed E-state index contributed by atoms with van der Waals surface area (Å²) in [6.45, 7) is -0.320. The van der Waals surface area contributed by atoms with Crippen molar-refractivity contribution in [1.82, 2.24) is 24.9 Å². The van der Waals surface area contributed by atoms with Crippen LogP contribution in [0.1, 0.15) is 12.0 Å². The summed E-state index contributed by atoms with van der Waals surface area (Å²) in [7, 11) is 0. The average molecular weight is 323 g/mol. The first-order valence-corrected chi connectivity index (χ1v) is 6.09. The Kier molecular flexibility index (Phi) is 4.24. The summed E-state index contributed by atoms with van der Waals surface area (Å²) < 4.78 is 62.5. The zero-order valence-corrected chi connectivity index (χ0v) is 10.9. The van der Waals surface area contributed by atoms with Crippen LogP contribution in [0, 0.1) is 0 Å². The Labute approximate surface area is 120 Å². The van der Waals surface area contributed by atoms with Crippen molar-refractivity contribution < 1.29 is 26.7 Å². The summed E-state index contributed by atoms with van der Waals surface area (Å²) in [5, 5.41) is 5.41. The van der Waals surface area contributed by atoms with Crippen molar-refractivity contribution in [2.24, 2.45) is 0 Å². The maximum absolute atomic E-state index is 12.6. The molecule has 0 fully saturated rings. The first-order chi connectivity index (χ1) is 10.2. The number of rotatable bonds is 5. The fraction of sp³-hybridized carbons (Fsp3) is 0.455. The van der Waals surface area contributed by atoms with E-state index in [1.807, 2.05) is 0 Å². The molecule has 0 spiro atoms. The average Bonchev–Trinajstić information content (AvgIpc) is 2.89. The molecule has 22 heavy (non-hydrogen) atoms. The Morgan fingerprint density at radius 1 is 1.23 bits per heavy atom. The Balaban J connectivity index is 1.83. The van der Waals surface area contributed by atoms with Gasteiger partial charge >= 0.3 is 12.1 Å². The quantitative estimate of drug-likeness (QED) is 0.666.